The predicted molar refractivity (Wildman–Crippen MR) is 83.4 cm³/mol. The first-order valence-electron chi connectivity index (χ1n) is 7.23. The standard InChI is InChI=1S/C14H18ClFN2O4S/c1-2-22-14(19)17-6-3-7-18(9-8-17)23(20,21)11-4-5-13(16)12(15)10-11/h4-5,10H,2-3,6-9H2,1H3. The van der Waals surface area contributed by atoms with Gasteiger partial charge in [0.05, 0.1) is 16.5 Å². The van der Waals surface area contributed by atoms with E-state index in [-0.39, 0.29) is 36.2 Å². The van der Waals surface area contributed by atoms with Crippen LogP contribution in [0, 0.1) is 5.82 Å². The van der Waals surface area contributed by atoms with Crippen LogP contribution in [-0.4, -0.2) is 56.5 Å². The van der Waals surface area contributed by atoms with Crippen LogP contribution in [0.25, 0.3) is 0 Å². The summed E-state index contributed by atoms with van der Waals surface area (Å²) < 4.78 is 44.6. The van der Waals surface area contributed by atoms with Crippen LogP contribution in [0.2, 0.25) is 5.02 Å². The van der Waals surface area contributed by atoms with E-state index >= 15 is 0 Å². The zero-order chi connectivity index (χ0) is 17.0. The maximum atomic E-state index is 13.2. The molecule has 0 unspecified atom stereocenters. The Labute approximate surface area is 139 Å². The van der Waals surface area contributed by atoms with Gasteiger partial charge in [0.15, 0.2) is 0 Å². The Bertz CT molecular complexity index is 683. The number of amides is 1. The minimum atomic E-state index is -3.78. The molecule has 0 N–H and O–H groups in total. The quantitative estimate of drug-likeness (QED) is 0.825. The van der Waals surface area contributed by atoms with Crippen molar-refractivity contribution in [2.45, 2.75) is 18.2 Å². The van der Waals surface area contributed by atoms with Crippen LogP contribution in [0.3, 0.4) is 0 Å². The van der Waals surface area contributed by atoms with Crippen molar-refractivity contribution in [1.82, 2.24) is 9.21 Å². The van der Waals surface area contributed by atoms with Crippen molar-refractivity contribution < 1.29 is 22.3 Å². The van der Waals surface area contributed by atoms with Crippen LogP contribution in [0.4, 0.5) is 9.18 Å². The average Bonchev–Trinajstić information content (AvgIpc) is 2.76. The summed E-state index contributed by atoms with van der Waals surface area (Å²) in [4.78, 5) is 13.2. The van der Waals surface area contributed by atoms with Crippen LogP contribution in [-0.2, 0) is 14.8 Å². The van der Waals surface area contributed by atoms with E-state index in [0.717, 1.165) is 12.1 Å². The Morgan fingerprint density at radius 1 is 1.30 bits per heavy atom. The van der Waals surface area contributed by atoms with Crippen LogP contribution >= 0.6 is 11.6 Å². The molecule has 1 aliphatic heterocycles. The number of benzene rings is 1. The van der Waals surface area contributed by atoms with Crippen molar-refractivity contribution in [3.8, 4) is 0 Å². The zero-order valence-corrected chi connectivity index (χ0v) is 14.2. The Balaban J connectivity index is 2.14. The normalized spacial score (nSPS) is 16.9. The van der Waals surface area contributed by atoms with E-state index in [1.165, 1.54) is 15.3 Å². The van der Waals surface area contributed by atoms with Gasteiger partial charge in [-0.15, -0.1) is 0 Å². The summed E-state index contributed by atoms with van der Waals surface area (Å²) >= 11 is 5.66. The molecule has 1 aromatic rings. The number of halogens is 2. The number of ether oxygens (including phenoxy) is 1. The lowest BCUT2D eigenvalue weighted by molar-refractivity contribution is 0.109. The van der Waals surface area contributed by atoms with Gasteiger partial charge in [-0.3, -0.25) is 0 Å². The lowest BCUT2D eigenvalue weighted by Gasteiger charge is -2.21. The van der Waals surface area contributed by atoms with Crippen molar-refractivity contribution in [2.24, 2.45) is 0 Å². The predicted octanol–water partition coefficient (Wildman–Crippen LogP) is 2.33. The van der Waals surface area contributed by atoms with Gasteiger partial charge in [0.2, 0.25) is 10.0 Å². The molecule has 0 saturated carbocycles. The number of hydrogen-bond donors (Lipinski definition) is 0. The first-order valence-corrected chi connectivity index (χ1v) is 9.05. The zero-order valence-electron chi connectivity index (χ0n) is 12.7. The second-order valence-corrected chi connectivity index (χ2v) is 7.36. The van der Waals surface area contributed by atoms with Gasteiger partial charge in [-0.2, -0.15) is 4.31 Å². The SMILES string of the molecule is CCOC(=O)N1CCCN(S(=O)(=O)c2ccc(F)c(Cl)c2)CC1. The van der Waals surface area contributed by atoms with E-state index in [1.807, 2.05) is 0 Å². The fraction of sp³-hybridized carbons (Fsp3) is 0.500. The third-order valence-corrected chi connectivity index (χ3v) is 5.69. The van der Waals surface area contributed by atoms with Crippen LogP contribution in [0.1, 0.15) is 13.3 Å². The number of nitrogens with zero attached hydrogens (tertiary/aromatic N) is 2. The average molecular weight is 365 g/mol. The van der Waals surface area contributed by atoms with E-state index < -0.39 is 21.9 Å². The summed E-state index contributed by atoms with van der Waals surface area (Å²) in [5.41, 5.74) is 0. The molecule has 1 fully saturated rings. The van der Waals surface area contributed by atoms with Crippen molar-refractivity contribution in [3.05, 3.63) is 29.0 Å². The lowest BCUT2D eigenvalue weighted by Crippen LogP contribution is -2.37. The molecule has 0 spiro atoms. The molecule has 9 heteroatoms. The summed E-state index contributed by atoms with van der Waals surface area (Å²) in [6, 6.07) is 3.31. The fourth-order valence-corrected chi connectivity index (χ4v) is 4.06. The Hall–Kier alpha value is -1.38. The third kappa shape index (κ3) is 4.13. The second kappa shape index (κ2) is 7.46. The molecule has 0 atom stereocenters. The van der Waals surface area contributed by atoms with Gasteiger partial charge in [0.25, 0.3) is 0 Å². The molecule has 128 valence electrons. The molecule has 6 nitrogen and oxygen atoms in total. The molecule has 0 aromatic heterocycles. The van der Waals surface area contributed by atoms with E-state index in [0.29, 0.717) is 13.0 Å². The fourth-order valence-electron chi connectivity index (χ4n) is 2.32. The van der Waals surface area contributed by atoms with E-state index in [1.54, 1.807) is 6.92 Å². The maximum Gasteiger partial charge on any atom is 0.409 e. The molecule has 0 bridgehead atoms. The monoisotopic (exact) mass is 364 g/mol. The molecule has 1 aliphatic rings. The first-order chi connectivity index (χ1) is 10.9. The molecule has 1 amide bonds. The number of carbonyl (C=O) groups excluding carboxylic acids is 1. The minimum Gasteiger partial charge on any atom is -0.450 e. The molecule has 1 aromatic carbocycles. The van der Waals surface area contributed by atoms with Gasteiger partial charge in [-0.25, -0.2) is 17.6 Å². The maximum absolute atomic E-state index is 13.2. The Morgan fingerprint density at radius 2 is 2.04 bits per heavy atom. The molecule has 1 heterocycles. The van der Waals surface area contributed by atoms with E-state index in [4.69, 9.17) is 16.3 Å². The van der Waals surface area contributed by atoms with Crippen LogP contribution in [0.5, 0.6) is 0 Å². The van der Waals surface area contributed by atoms with Gasteiger partial charge >= 0.3 is 6.09 Å². The summed E-state index contributed by atoms with van der Waals surface area (Å²) in [6.45, 7) is 3.07. The summed E-state index contributed by atoms with van der Waals surface area (Å²) in [7, 11) is -3.78. The summed E-state index contributed by atoms with van der Waals surface area (Å²) in [5.74, 6) is -0.671. The highest BCUT2D eigenvalue weighted by Crippen LogP contribution is 2.23. The van der Waals surface area contributed by atoms with Gasteiger partial charge < -0.3 is 9.64 Å². The summed E-state index contributed by atoms with van der Waals surface area (Å²) in [6.07, 6.45) is 0.0454. The molecular formula is C14H18ClFN2O4S. The number of sulfonamides is 1. The van der Waals surface area contributed by atoms with E-state index in [9.17, 15) is 17.6 Å². The lowest BCUT2D eigenvalue weighted by atomic mass is 10.3. The van der Waals surface area contributed by atoms with E-state index in [2.05, 4.69) is 0 Å². The molecular weight excluding hydrogens is 347 g/mol. The van der Waals surface area contributed by atoms with Crippen molar-refractivity contribution in [1.29, 1.82) is 0 Å². The molecule has 23 heavy (non-hydrogen) atoms. The molecule has 0 aliphatic carbocycles. The van der Waals surface area contributed by atoms with Gasteiger partial charge in [-0.05, 0) is 31.5 Å². The smallest absolute Gasteiger partial charge is 0.409 e. The largest absolute Gasteiger partial charge is 0.450 e. The summed E-state index contributed by atoms with van der Waals surface area (Å²) in [5, 5.41) is -0.242. The molecule has 1 saturated heterocycles. The van der Waals surface area contributed by atoms with Gasteiger partial charge in [0, 0.05) is 26.2 Å². The van der Waals surface area contributed by atoms with Gasteiger partial charge in [0.1, 0.15) is 5.82 Å². The third-order valence-electron chi connectivity index (χ3n) is 3.51. The first kappa shape index (κ1) is 18.0. The highest BCUT2D eigenvalue weighted by molar-refractivity contribution is 7.89. The van der Waals surface area contributed by atoms with Crippen molar-refractivity contribution >= 4 is 27.7 Å². The van der Waals surface area contributed by atoms with Gasteiger partial charge in [-0.1, -0.05) is 11.6 Å². The highest BCUT2D eigenvalue weighted by Gasteiger charge is 2.29. The Kier molecular flexibility index (Phi) is 5.83. The van der Waals surface area contributed by atoms with Crippen molar-refractivity contribution in [2.75, 3.05) is 32.8 Å². The molecule has 0 radical (unpaired) electrons. The van der Waals surface area contributed by atoms with Crippen LogP contribution < -0.4 is 0 Å². The molecule has 2 rings (SSSR count). The van der Waals surface area contributed by atoms with Crippen molar-refractivity contribution in [3.63, 3.8) is 0 Å². The Morgan fingerprint density at radius 3 is 2.70 bits per heavy atom. The highest BCUT2D eigenvalue weighted by atomic mass is 35.5. The second-order valence-electron chi connectivity index (χ2n) is 5.02. The van der Waals surface area contributed by atoms with Crippen LogP contribution in [0.15, 0.2) is 23.1 Å². The number of hydrogen-bond acceptors (Lipinski definition) is 4. The minimum absolute atomic E-state index is 0.0616. The number of rotatable bonds is 3. The number of carbonyl (C=O) groups is 1. The topological polar surface area (TPSA) is 66.9 Å².